The van der Waals surface area contributed by atoms with Crippen LogP contribution in [0.1, 0.15) is 66.2 Å². The fourth-order valence-corrected chi connectivity index (χ4v) is 4.13. The number of rotatable bonds is 8. The maximum Gasteiger partial charge on any atom is 0.412 e. The first-order valence-corrected chi connectivity index (χ1v) is 11.2. The molecule has 0 saturated heterocycles. The molecule has 176 valence electrons. The van der Waals surface area contributed by atoms with Gasteiger partial charge in [0.25, 0.3) is 5.69 Å². The van der Waals surface area contributed by atoms with Gasteiger partial charge in [-0.3, -0.25) is 10.1 Å². The Bertz CT molecular complexity index is 1120. The van der Waals surface area contributed by atoms with Crippen LogP contribution in [0.4, 0.5) is 16.2 Å². The quantitative estimate of drug-likeness (QED) is 0.0945. The summed E-state index contributed by atoms with van der Waals surface area (Å²) in [7, 11) is 0. The van der Waals surface area contributed by atoms with E-state index in [0.717, 1.165) is 40.1 Å². The predicted molar refractivity (Wildman–Crippen MR) is 131 cm³/mol. The lowest BCUT2D eigenvalue weighted by Gasteiger charge is -2.33. The zero-order chi connectivity index (χ0) is 24.3. The summed E-state index contributed by atoms with van der Waals surface area (Å²) in [6.45, 7) is 11.6. The van der Waals surface area contributed by atoms with Crippen molar-refractivity contribution in [1.82, 2.24) is 0 Å². The molecule has 2 aromatic rings. The number of ether oxygens (including phenoxy) is 2. The third-order valence-corrected chi connectivity index (χ3v) is 6.01. The van der Waals surface area contributed by atoms with Crippen molar-refractivity contribution in [2.24, 2.45) is 0 Å². The van der Waals surface area contributed by atoms with Crippen LogP contribution in [0.3, 0.4) is 0 Å². The standard InChI is InChI=1S/C25H30N2O5S/c1-15-9-10-21(22(17(15)3)18(4)28)27(32-33)11-7-8-12-30-19-13-16(2)23-20(14-19)25(5,6)31-24(29)26-23/h9-11,13-14H,7-8,12H2,1-6H3,(H-,26,29,33)/p+1. The van der Waals surface area contributed by atoms with Crippen molar-refractivity contribution in [1.29, 1.82) is 0 Å². The average Bonchev–Trinajstić information content (AvgIpc) is 2.73. The highest BCUT2D eigenvalue weighted by atomic mass is 32.1. The number of carbonyl (C=O) groups excluding carboxylic acids is 2. The van der Waals surface area contributed by atoms with Crippen molar-refractivity contribution < 1.29 is 28.1 Å². The molecule has 1 amide bonds. The largest absolute Gasteiger partial charge is 0.494 e. The molecule has 2 aromatic carbocycles. The molecule has 1 N–H and O–H groups in total. The van der Waals surface area contributed by atoms with Crippen LogP contribution in [-0.4, -0.2) is 29.4 Å². The first-order chi connectivity index (χ1) is 15.5. The Morgan fingerprint density at radius 1 is 1.21 bits per heavy atom. The molecule has 3 rings (SSSR count). The summed E-state index contributed by atoms with van der Waals surface area (Å²) in [5.74, 6) is 0.693. The number of Topliss-reactive ketones (excluding diaryl/α,β-unsaturated/α-hetero) is 1. The van der Waals surface area contributed by atoms with Crippen LogP contribution in [0.2, 0.25) is 0 Å². The molecule has 1 aliphatic heterocycles. The Morgan fingerprint density at radius 2 is 1.94 bits per heavy atom. The highest BCUT2D eigenvalue weighted by Gasteiger charge is 2.34. The molecule has 0 spiro atoms. The monoisotopic (exact) mass is 471 g/mol. The molecule has 0 aromatic heterocycles. The van der Waals surface area contributed by atoms with Gasteiger partial charge in [0.05, 0.1) is 17.9 Å². The van der Waals surface area contributed by atoms with E-state index in [2.05, 4.69) is 18.2 Å². The van der Waals surface area contributed by atoms with Gasteiger partial charge in [0.1, 0.15) is 24.3 Å². The molecule has 0 bridgehead atoms. The zero-order valence-corrected chi connectivity index (χ0v) is 20.8. The first kappa shape index (κ1) is 24.6. The minimum atomic E-state index is -0.736. The second-order valence-electron chi connectivity index (χ2n) is 8.73. The molecule has 0 radical (unpaired) electrons. The van der Waals surface area contributed by atoms with Crippen molar-refractivity contribution >= 4 is 42.4 Å². The molecule has 0 unspecified atom stereocenters. The lowest BCUT2D eigenvalue weighted by molar-refractivity contribution is -0.672. The van der Waals surface area contributed by atoms with Gasteiger partial charge in [0, 0.05) is 22.8 Å². The Kier molecular flexibility index (Phi) is 7.37. The van der Waals surface area contributed by atoms with Crippen molar-refractivity contribution in [3.63, 3.8) is 0 Å². The molecule has 0 aliphatic carbocycles. The van der Waals surface area contributed by atoms with Crippen LogP contribution in [0.25, 0.3) is 0 Å². The number of nitrogens with zero attached hydrogens (tertiary/aromatic N) is 1. The number of ketones is 1. The number of carbonyl (C=O) groups is 2. The van der Waals surface area contributed by atoms with Gasteiger partial charge in [0.15, 0.2) is 5.78 Å². The van der Waals surface area contributed by atoms with Gasteiger partial charge in [0.2, 0.25) is 6.21 Å². The van der Waals surface area contributed by atoms with Crippen molar-refractivity contribution in [3.05, 3.63) is 52.1 Å². The van der Waals surface area contributed by atoms with Crippen molar-refractivity contribution in [3.8, 4) is 5.75 Å². The van der Waals surface area contributed by atoms with E-state index in [4.69, 9.17) is 13.8 Å². The third kappa shape index (κ3) is 5.33. The lowest BCUT2D eigenvalue weighted by atomic mass is 9.92. The minimum Gasteiger partial charge on any atom is -0.494 e. The number of fused-ring (bicyclic) bond motifs is 1. The Balaban J connectivity index is 1.68. The van der Waals surface area contributed by atoms with E-state index in [-0.39, 0.29) is 5.78 Å². The van der Waals surface area contributed by atoms with Gasteiger partial charge in [-0.25, -0.2) is 4.79 Å². The topological polar surface area (TPSA) is 76.9 Å². The third-order valence-electron chi connectivity index (χ3n) is 5.84. The second kappa shape index (κ2) is 9.87. The number of nitrogens with one attached hydrogen (secondary N) is 1. The summed E-state index contributed by atoms with van der Waals surface area (Å²) in [5, 5.41) is 2.77. The fourth-order valence-electron chi connectivity index (χ4n) is 3.98. The smallest absolute Gasteiger partial charge is 0.412 e. The summed E-state index contributed by atoms with van der Waals surface area (Å²) < 4.78 is 18.1. The van der Waals surface area contributed by atoms with Crippen LogP contribution < -0.4 is 10.1 Å². The molecule has 0 atom stereocenters. The van der Waals surface area contributed by atoms with E-state index in [0.29, 0.717) is 24.3 Å². The molecule has 33 heavy (non-hydrogen) atoms. The molecule has 1 aliphatic rings. The zero-order valence-electron chi connectivity index (χ0n) is 19.9. The number of hydrogen-bond acceptors (Lipinski definition) is 6. The van der Waals surface area contributed by atoms with E-state index >= 15 is 0 Å². The highest BCUT2D eigenvalue weighted by molar-refractivity contribution is 7.74. The Morgan fingerprint density at radius 3 is 2.61 bits per heavy atom. The normalized spacial score (nSPS) is 14.8. The highest BCUT2D eigenvalue weighted by Crippen LogP contribution is 2.40. The lowest BCUT2D eigenvalue weighted by Crippen LogP contribution is -2.35. The summed E-state index contributed by atoms with van der Waals surface area (Å²) in [5.41, 5.74) is 5.09. The van der Waals surface area contributed by atoms with Crippen LogP contribution in [0.5, 0.6) is 5.75 Å². The van der Waals surface area contributed by atoms with Crippen LogP contribution in [-0.2, 0) is 14.6 Å². The fraction of sp³-hybridized carbons (Fsp3) is 0.400. The van der Waals surface area contributed by atoms with Crippen molar-refractivity contribution in [2.45, 2.75) is 60.0 Å². The number of cyclic esters (lactones) is 1. The van der Waals surface area contributed by atoms with Gasteiger partial charge in [-0.1, -0.05) is 6.07 Å². The first-order valence-electron chi connectivity index (χ1n) is 10.9. The van der Waals surface area contributed by atoms with E-state index < -0.39 is 11.7 Å². The van der Waals surface area contributed by atoms with Gasteiger partial charge >= 0.3 is 6.09 Å². The number of hydrogen-bond donors (Lipinski definition) is 2. The Hall–Kier alpha value is -3.00. The summed E-state index contributed by atoms with van der Waals surface area (Å²) in [6.07, 6.45) is 2.77. The number of amides is 1. The van der Waals surface area contributed by atoms with Crippen molar-refractivity contribution in [2.75, 3.05) is 11.9 Å². The van der Waals surface area contributed by atoms with Gasteiger partial charge in [-0.15, -0.1) is 0 Å². The maximum atomic E-state index is 12.2. The van der Waals surface area contributed by atoms with Gasteiger partial charge < -0.3 is 9.47 Å². The van der Waals surface area contributed by atoms with Gasteiger partial charge in [-0.05, 0) is 76.8 Å². The van der Waals surface area contributed by atoms with Crippen LogP contribution in [0.15, 0.2) is 24.3 Å². The molecule has 1 heterocycles. The second-order valence-corrected chi connectivity index (χ2v) is 8.89. The number of aryl methyl sites for hydroxylation is 2. The van der Waals surface area contributed by atoms with Crippen LogP contribution >= 0.6 is 12.9 Å². The number of anilines is 1. The molecular formula is C25H31N2O5S+. The molecule has 0 saturated carbocycles. The van der Waals surface area contributed by atoms with E-state index in [1.807, 2.05) is 65.1 Å². The average molecular weight is 472 g/mol. The molecule has 7 nitrogen and oxygen atoms in total. The minimum absolute atomic E-state index is 0.0239. The predicted octanol–water partition coefficient (Wildman–Crippen LogP) is 5.96. The van der Waals surface area contributed by atoms with E-state index in [9.17, 15) is 9.59 Å². The molecular weight excluding hydrogens is 440 g/mol. The van der Waals surface area contributed by atoms with E-state index in [1.165, 1.54) is 4.74 Å². The summed E-state index contributed by atoms with van der Waals surface area (Å²) in [4.78, 5) is 24.0. The maximum absolute atomic E-state index is 12.2. The number of unbranched alkanes of at least 4 members (excludes halogenated alkanes) is 1. The summed E-state index contributed by atoms with van der Waals surface area (Å²) >= 11 is 3.98. The SMILES string of the molecule is CC(=O)c1c([N+](=CCCCOc2cc(C)c3c(c2)C(C)(C)OC(=O)N3)OS)ccc(C)c1C. The molecule has 8 heteroatoms. The molecule has 0 fully saturated rings. The Labute approximate surface area is 200 Å². The number of benzene rings is 2. The van der Waals surface area contributed by atoms with Gasteiger partial charge in [-0.2, -0.15) is 4.28 Å². The van der Waals surface area contributed by atoms with E-state index in [1.54, 1.807) is 6.92 Å². The van der Waals surface area contributed by atoms with Crippen LogP contribution in [0, 0.1) is 20.8 Å². The summed E-state index contributed by atoms with van der Waals surface area (Å²) in [6, 6.07) is 7.63. The number of thiol groups is 1.